The van der Waals surface area contributed by atoms with E-state index in [0.717, 1.165) is 19.4 Å². The Kier molecular flexibility index (Phi) is 3.09. The van der Waals surface area contributed by atoms with E-state index in [1.807, 2.05) is 0 Å². The fourth-order valence-electron chi connectivity index (χ4n) is 1.38. The molecule has 1 heterocycles. The number of hydrogen-bond donors (Lipinski definition) is 2. The number of nitrogens with one attached hydrogen (secondary N) is 1. The van der Waals surface area contributed by atoms with Crippen molar-refractivity contribution < 1.29 is 4.39 Å². The van der Waals surface area contributed by atoms with E-state index in [4.69, 9.17) is 5.73 Å². The molecule has 1 aliphatic rings. The lowest BCUT2D eigenvalue weighted by molar-refractivity contribution is 0.253. The van der Waals surface area contributed by atoms with Gasteiger partial charge < -0.3 is 11.1 Å². The maximum absolute atomic E-state index is 13.0. The number of alkyl halides is 1. The molecule has 0 aromatic heterocycles. The molecule has 2 nitrogen and oxygen atoms in total. The Balaban J connectivity index is 2.18. The standard InChI is InChI=1S/C7H15FN2/c8-6(3-4-9)7-2-1-5-10-7/h6-7,10H,1-5,9H2. The number of nitrogens with two attached hydrogens (primary N) is 1. The van der Waals surface area contributed by atoms with Crippen LogP contribution in [0.15, 0.2) is 0 Å². The molecule has 3 N–H and O–H groups in total. The third kappa shape index (κ3) is 1.92. The summed E-state index contributed by atoms with van der Waals surface area (Å²) in [5.74, 6) is 0. The maximum atomic E-state index is 13.0. The van der Waals surface area contributed by atoms with Crippen LogP contribution in [0.25, 0.3) is 0 Å². The first-order valence-corrected chi connectivity index (χ1v) is 3.92. The Morgan fingerprint density at radius 2 is 2.50 bits per heavy atom. The molecule has 0 aliphatic carbocycles. The molecule has 0 saturated carbocycles. The molecule has 3 heteroatoms. The summed E-state index contributed by atoms with van der Waals surface area (Å²) in [4.78, 5) is 0. The van der Waals surface area contributed by atoms with Gasteiger partial charge in [0.05, 0.1) is 0 Å². The van der Waals surface area contributed by atoms with Crippen molar-refractivity contribution in [3.8, 4) is 0 Å². The molecule has 60 valence electrons. The summed E-state index contributed by atoms with van der Waals surface area (Å²) in [5, 5.41) is 3.11. The number of rotatable bonds is 3. The zero-order valence-corrected chi connectivity index (χ0v) is 6.15. The number of hydrogen-bond acceptors (Lipinski definition) is 2. The molecule has 0 spiro atoms. The molecule has 0 amide bonds. The SMILES string of the molecule is NCCC(F)C1CCCN1. The quantitative estimate of drug-likeness (QED) is 0.605. The summed E-state index contributed by atoms with van der Waals surface area (Å²) in [5.41, 5.74) is 5.23. The van der Waals surface area contributed by atoms with Crippen LogP contribution in [0.1, 0.15) is 19.3 Å². The monoisotopic (exact) mass is 146 g/mol. The first-order chi connectivity index (χ1) is 4.84. The van der Waals surface area contributed by atoms with Crippen molar-refractivity contribution in [3.63, 3.8) is 0 Å². The van der Waals surface area contributed by atoms with E-state index in [0.29, 0.717) is 13.0 Å². The Morgan fingerprint density at radius 3 is 3.00 bits per heavy atom. The first kappa shape index (κ1) is 7.95. The fourth-order valence-corrected chi connectivity index (χ4v) is 1.38. The predicted octanol–water partition coefficient (Wildman–Crippen LogP) is 0.425. The van der Waals surface area contributed by atoms with Gasteiger partial charge in [0.1, 0.15) is 6.17 Å². The Bertz CT molecular complexity index is 91.6. The van der Waals surface area contributed by atoms with Gasteiger partial charge in [0.25, 0.3) is 0 Å². The summed E-state index contributed by atoms with van der Waals surface area (Å²) in [6.45, 7) is 1.43. The van der Waals surface area contributed by atoms with Gasteiger partial charge in [0.15, 0.2) is 0 Å². The van der Waals surface area contributed by atoms with Gasteiger partial charge in [-0.2, -0.15) is 0 Å². The summed E-state index contributed by atoms with van der Waals surface area (Å²) in [7, 11) is 0. The van der Waals surface area contributed by atoms with Crippen LogP contribution in [0.5, 0.6) is 0 Å². The van der Waals surface area contributed by atoms with Crippen molar-refractivity contribution in [1.29, 1.82) is 0 Å². The van der Waals surface area contributed by atoms with E-state index < -0.39 is 6.17 Å². The normalized spacial score (nSPS) is 28.8. The molecular weight excluding hydrogens is 131 g/mol. The van der Waals surface area contributed by atoms with E-state index in [1.54, 1.807) is 0 Å². The lowest BCUT2D eigenvalue weighted by Gasteiger charge is -2.14. The minimum atomic E-state index is -0.729. The van der Waals surface area contributed by atoms with E-state index >= 15 is 0 Å². The Hall–Kier alpha value is -0.150. The minimum Gasteiger partial charge on any atom is -0.330 e. The summed E-state index contributed by atoms with van der Waals surface area (Å²) in [6.07, 6.45) is 1.85. The molecule has 1 aliphatic heterocycles. The van der Waals surface area contributed by atoms with Crippen molar-refractivity contribution in [3.05, 3.63) is 0 Å². The van der Waals surface area contributed by atoms with Gasteiger partial charge in [-0.1, -0.05) is 0 Å². The van der Waals surface area contributed by atoms with Gasteiger partial charge in [0, 0.05) is 6.04 Å². The van der Waals surface area contributed by atoms with Crippen LogP contribution in [0, 0.1) is 0 Å². The van der Waals surface area contributed by atoms with E-state index in [-0.39, 0.29) is 6.04 Å². The maximum Gasteiger partial charge on any atom is 0.117 e. The predicted molar refractivity (Wildman–Crippen MR) is 39.6 cm³/mol. The highest BCUT2D eigenvalue weighted by Crippen LogP contribution is 2.13. The molecule has 1 rings (SSSR count). The number of halogens is 1. The van der Waals surface area contributed by atoms with Gasteiger partial charge in [0.2, 0.25) is 0 Å². The zero-order valence-electron chi connectivity index (χ0n) is 6.15. The van der Waals surface area contributed by atoms with Crippen LogP contribution in [0.2, 0.25) is 0 Å². The lowest BCUT2D eigenvalue weighted by Crippen LogP contribution is -2.33. The smallest absolute Gasteiger partial charge is 0.117 e. The van der Waals surface area contributed by atoms with Gasteiger partial charge in [-0.3, -0.25) is 0 Å². The van der Waals surface area contributed by atoms with Crippen molar-refractivity contribution in [2.75, 3.05) is 13.1 Å². The van der Waals surface area contributed by atoms with Crippen LogP contribution in [-0.4, -0.2) is 25.3 Å². The molecule has 0 bridgehead atoms. The second kappa shape index (κ2) is 3.88. The van der Waals surface area contributed by atoms with Crippen LogP contribution < -0.4 is 11.1 Å². The van der Waals surface area contributed by atoms with Gasteiger partial charge in [-0.15, -0.1) is 0 Å². The van der Waals surface area contributed by atoms with E-state index in [9.17, 15) is 4.39 Å². The largest absolute Gasteiger partial charge is 0.330 e. The molecule has 0 aromatic carbocycles. The first-order valence-electron chi connectivity index (χ1n) is 3.92. The highest BCUT2D eigenvalue weighted by atomic mass is 19.1. The molecule has 0 radical (unpaired) electrons. The average Bonchev–Trinajstić information content (AvgIpc) is 2.38. The molecule has 1 fully saturated rings. The highest BCUT2D eigenvalue weighted by Gasteiger charge is 2.22. The second-order valence-electron chi connectivity index (χ2n) is 2.80. The van der Waals surface area contributed by atoms with Crippen molar-refractivity contribution in [1.82, 2.24) is 5.32 Å². The van der Waals surface area contributed by atoms with Crippen LogP contribution in [0.3, 0.4) is 0 Å². The minimum absolute atomic E-state index is 0.0866. The molecule has 0 aromatic rings. The van der Waals surface area contributed by atoms with Crippen LogP contribution in [0.4, 0.5) is 4.39 Å². The van der Waals surface area contributed by atoms with Crippen molar-refractivity contribution in [2.24, 2.45) is 5.73 Å². The highest BCUT2D eigenvalue weighted by molar-refractivity contribution is 4.81. The lowest BCUT2D eigenvalue weighted by atomic mass is 10.1. The molecule has 1 saturated heterocycles. The molecular formula is C7H15FN2. The summed E-state index contributed by atoms with van der Waals surface area (Å²) >= 11 is 0. The van der Waals surface area contributed by atoms with Gasteiger partial charge in [-0.05, 0) is 32.4 Å². The molecule has 2 unspecified atom stereocenters. The Labute approximate surface area is 61.0 Å². The van der Waals surface area contributed by atoms with E-state index in [1.165, 1.54) is 0 Å². The topological polar surface area (TPSA) is 38.0 Å². The molecule has 2 atom stereocenters. The second-order valence-corrected chi connectivity index (χ2v) is 2.80. The summed E-state index contributed by atoms with van der Waals surface area (Å²) < 4.78 is 13.0. The Morgan fingerprint density at radius 1 is 1.70 bits per heavy atom. The van der Waals surface area contributed by atoms with Gasteiger partial charge >= 0.3 is 0 Å². The fraction of sp³-hybridized carbons (Fsp3) is 1.00. The zero-order chi connectivity index (χ0) is 7.40. The van der Waals surface area contributed by atoms with E-state index in [2.05, 4.69) is 5.32 Å². The summed E-state index contributed by atoms with van der Waals surface area (Å²) in [6, 6.07) is 0.0866. The third-order valence-corrected chi connectivity index (χ3v) is 1.98. The third-order valence-electron chi connectivity index (χ3n) is 1.98. The van der Waals surface area contributed by atoms with Crippen LogP contribution >= 0.6 is 0 Å². The van der Waals surface area contributed by atoms with Gasteiger partial charge in [-0.25, -0.2) is 4.39 Å². The van der Waals surface area contributed by atoms with Crippen molar-refractivity contribution >= 4 is 0 Å². The van der Waals surface area contributed by atoms with Crippen molar-refractivity contribution in [2.45, 2.75) is 31.5 Å². The molecule has 10 heavy (non-hydrogen) atoms. The van der Waals surface area contributed by atoms with Crippen LogP contribution in [-0.2, 0) is 0 Å². The average molecular weight is 146 g/mol.